The molecule has 0 saturated heterocycles. The Labute approximate surface area is 123 Å². The summed E-state index contributed by atoms with van der Waals surface area (Å²) in [6.07, 6.45) is 0.305. The van der Waals surface area contributed by atoms with Gasteiger partial charge in [-0.25, -0.2) is 0 Å². The summed E-state index contributed by atoms with van der Waals surface area (Å²) < 4.78 is 10.7. The normalized spacial score (nSPS) is 9.71. The van der Waals surface area contributed by atoms with Gasteiger partial charge in [0.05, 0.1) is 19.6 Å². The zero-order valence-electron chi connectivity index (χ0n) is 11.7. The molecular weight excluding hydrogens is 266 g/mol. The molecule has 0 unspecified atom stereocenters. The maximum Gasteiger partial charge on any atom is 0.200 e. The fourth-order valence-corrected chi connectivity index (χ4v) is 1.88. The fraction of sp³-hybridized carbons (Fsp3) is 0.176. The van der Waals surface area contributed by atoms with Crippen molar-refractivity contribution in [3.63, 3.8) is 0 Å². The van der Waals surface area contributed by atoms with Crippen molar-refractivity contribution in [1.82, 2.24) is 0 Å². The fourth-order valence-electron chi connectivity index (χ4n) is 1.88. The van der Waals surface area contributed by atoms with Crippen molar-refractivity contribution in [2.24, 2.45) is 0 Å². The summed E-state index contributed by atoms with van der Waals surface area (Å²) in [6, 6.07) is 16.3. The van der Waals surface area contributed by atoms with Crippen LogP contribution in [0.3, 0.4) is 0 Å². The van der Waals surface area contributed by atoms with Gasteiger partial charge in [-0.15, -0.1) is 0 Å². The summed E-state index contributed by atoms with van der Waals surface area (Å²) in [5.41, 5.74) is 1.45. The number of carbonyl (C=O) groups is 1. The van der Waals surface area contributed by atoms with Gasteiger partial charge in [0, 0.05) is 5.56 Å². The van der Waals surface area contributed by atoms with E-state index in [-0.39, 0.29) is 12.4 Å². The van der Waals surface area contributed by atoms with Crippen LogP contribution in [0.25, 0.3) is 0 Å². The SMILES string of the molecule is COc1cc(CC#N)ccc1OCC(=O)c1ccccc1. The molecule has 0 bridgehead atoms. The summed E-state index contributed by atoms with van der Waals surface area (Å²) in [5.74, 6) is 0.908. The summed E-state index contributed by atoms with van der Waals surface area (Å²) >= 11 is 0. The molecule has 21 heavy (non-hydrogen) atoms. The Kier molecular flexibility index (Phi) is 4.94. The minimum Gasteiger partial charge on any atom is -0.493 e. The average Bonchev–Trinajstić information content (AvgIpc) is 2.54. The second-order valence-corrected chi connectivity index (χ2v) is 4.40. The van der Waals surface area contributed by atoms with Crippen LogP contribution in [0, 0.1) is 11.3 Å². The highest BCUT2D eigenvalue weighted by Gasteiger charge is 2.10. The Hall–Kier alpha value is -2.80. The molecule has 4 nitrogen and oxygen atoms in total. The van der Waals surface area contributed by atoms with Gasteiger partial charge in [0.1, 0.15) is 0 Å². The number of carbonyl (C=O) groups excluding carboxylic acids is 1. The molecule has 4 heteroatoms. The van der Waals surface area contributed by atoms with Crippen LogP contribution in [0.5, 0.6) is 11.5 Å². The van der Waals surface area contributed by atoms with Gasteiger partial charge in [0.25, 0.3) is 0 Å². The maximum atomic E-state index is 12.0. The summed E-state index contributed by atoms with van der Waals surface area (Å²) in [4.78, 5) is 12.0. The van der Waals surface area contributed by atoms with E-state index in [1.54, 1.807) is 30.3 Å². The second kappa shape index (κ2) is 7.11. The van der Waals surface area contributed by atoms with Gasteiger partial charge in [0.2, 0.25) is 0 Å². The van der Waals surface area contributed by atoms with Gasteiger partial charge in [-0.3, -0.25) is 4.79 Å². The van der Waals surface area contributed by atoms with Crippen molar-refractivity contribution in [2.45, 2.75) is 6.42 Å². The second-order valence-electron chi connectivity index (χ2n) is 4.40. The average molecular weight is 281 g/mol. The first-order chi connectivity index (χ1) is 10.2. The van der Waals surface area contributed by atoms with Crippen molar-refractivity contribution in [1.29, 1.82) is 5.26 Å². The molecule has 2 aromatic rings. The topological polar surface area (TPSA) is 59.3 Å². The monoisotopic (exact) mass is 281 g/mol. The molecule has 0 atom stereocenters. The number of hydrogen-bond donors (Lipinski definition) is 0. The number of benzene rings is 2. The highest BCUT2D eigenvalue weighted by Crippen LogP contribution is 2.28. The first-order valence-corrected chi connectivity index (χ1v) is 6.49. The van der Waals surface area contributed by atoms with Crippen LogP contribution in [-0.4, -0.2) is 19.5 Å². The Morgan fingerprint density at radius 3 is 2.57 bits per heavy atom. The molecule has 0 aliphatic carbocycles. The maximum absolute atomic E-state index is 12.0. The molecule has 0 heterocycles. The van der Waals surface area contributed by atoms with Crippen LogP contribution >= 0.6 is 0 Å². The molecule has 0 amide bonds. The van der Waals surface area contributed by atoms with Crippen LogP contribution in [0.4, 0.5) is 0 Å². The molecule has 106 valence electrons. The van der Waals surface area contributed by atoms with Crippen molar-refractivity contribution < 1.29 is 14.3 Å². The minimum atomic E-state index is -0.0984. The standard InChI is InChI=1S/C17H15NO3/c1-20-17-11-13(9-10-18)7-8-16(17)21-12-15(19)14-5-3-2-4-6-14/h2-8,11H,9,12H2,1H3. The van der Waals surface area contributed by atoms with E-state index < -0.39 is 0 Å². The molecule has 0 spiro atoms. The van der Waals surface area contributed by atoms with Gasteiger partial charge in [-0.2, -0.15) is 5.26 Å². The van der Waals surface area contributed by atoms with Gasteiger partial charge in [-0.05, 0) is 17.7 Å². The van der Waals surface area contributed by atoms with E-state index in [1.165, 1.54) is 7.11 Å². The quantitative estimate of drug-likeness (QED) is 0.764. The van der Waals surface area contributed by atoms with E-state index in [2.05, 4.69) is 6.07 Å². The molecule has 0 radical (unpaired) electrons. The predicted octanol–water partition coefficient (Wildman–Crippen LogP) is 3.02. The lowest BCUT2D eigenvalue weighted by Crippen LogP contribution is -2.12. The first-order valence-electron chi connectivity index (χ1n) is 6.49. The number of ether oxygens (including phenoxy) is 2. The van der Waals surface area contributed by atoms with Crippen LogP contribution in [-0.2, 0) is 6.42 Å². The Morgan fingerprint density at radius 1 is 1.14 bits per heavy atom. The van der Waals surface area contributed by atoms with Gasteiger partial charge in [-0.1, -0.05) is 36.4 Å². The summed E-state index contributed by atoms with van der Waals surface area (Å²) in [7, 11) is 1.53. The third-order valence-corrected chi connectivity index (χ3v) is 2.97. The lowest BCUT2D eigenvalue weighted by atomic mass is 10.1. The number of rotatable bonds is 6. The molecule has 0 N–H and O–H groups in total. The van der Waals surface area contributed by atoms with Crippen LogP contribution in [0.15, 0.2) is 48.5 Å². The summed E-state index contributed by atoms with van der Waals surface area (Å²) in [6.45, 7) is -0.0576. The van der Waals surface area contributed by atoms with Gasteiger partial charge < -0.3 is 9.47 Å². The zero-order valence-corrected chi connectivity index (χ0v) is 11.7. The third kappa shape index (κ3) is 3.83. The first kappa shape index (κ1) is 14.6. The third-order valence-electron chi connectivity index (χ3n) is 2.97. The Morgan fingerprint density at radius 2 is 1.90 bits per heavy atom. The molecule has 0 aromatic heterocycles. The molecule has 2 aromatic carbocycles. The Balaban J connectivity index is 2.06. The van der Waals surface area contributed by atoms with Crippen LogP contribution < -0.4 is 9.47 Å². The van der Waals surface area contributed by atoms with Crippen molar-refractivity contribution in [2.75, 3.05) is 13.7 Å². The highest BCUT2D eigenvalue weighted by atomic mass is 16.5. The molecule has 0 saturated carbocycles. The van der Waals surface area contributed by atoms with E-state index in [9.17, 15) is 4.79 Å². The lowest BCUT2D eigenvalue weighted by Gasteiger charge is -2.11. The molecule has 2 rings (SSSR count). The minimum absolute atomic E-state index is 0.0576. The summed E-state index contributed by atoms with van der Waals surface area (Å²) in [5, 5.41) is 8.69. The molecule has 0 fully saturated rings. The zero-order chi connectivity index (χ0) is 15.1. The van der Waals surface area contributed by atoms with E-state index >= 15 is 0 Å². The van der Waals surface area contributed by atoms with Crippen LogP contribution in [0.1, 0.15) is 15.9 Å². The smallest absolute Gasteiger partial charge is 0.200 e. The van der Waals surface area contributed by atoms with E-state index in [0.29, 0.717) is 23.5 Å². The van der Waals surface area contributed by atoms with E-state index in [1.807, 2.05) is 18.2 Å². The highest BCUT2D eigenvalue weighted by molar-refractivity contribution is 5.97. The predicted molar refractivity (Wildman–Crippen MR) is 78.6 cm³/mol. The van der Waals surface area contributed by atoms with E-state index in [4.69, 9.17) is 14.7 Å². The lowest BCUT2D eigenvalue weighted by molar-refractivity contribution is 0.0919. The van der Waals surface area contributed by atoms with Crippen LogP contribution in [0.2, 0.25) is 0 Å². The molecular formula is C17H15NO3. The number of nitrogens with zero attached hydrogens (tertiary/aromatic N) is 1. The van der Waals surface area contributed by atoms with Gasteiger partial charge >= 0.3 is 0 Å². The number of Topliss-reactive ketones (excluding diaryl/α,β-unsaturated/α-hetero) is 1. The molecule has 0 aliphatic heterocycles. The number of hydrogen-bond acceptors (Lipinski definition) is 4. The number of ketones is 1. The van der Waals surface area contributed by atoms with Crippen molar-refractivity contribution in [3.05, 3.63) is 59.7 Å². The van der Waals surface area contributed by atoms with Gasteiger partial charge in [0.15, 0.2) is 23.9 Å². The number of nitriles is 1. The van der Waals surface area contributed by atoms with Crippen molar-refractivity contribution in [3.8, 4) is 17.6 Å². The Bertz CT molecular complexity index is 659. The molecule has 0 aliphatic rings. The van der Waals surface area contributed by atoms with Crippen molar-refractivity contribution >= 4 is 5.78 Å². The largest absolute Gasteiger partial charge is 0.493 e. The number of methoxy groups -OCH3 is 1. The van der Waals surface area contributed by atoms with E-state index in [0.717, 1.165) is 5.56 Å².